The molecule has 0 saturated heterocycles. The highest BCUT2D eigenvalue weighted by molar-refractivity contribution is 6.37. The molecule has 0 bridgehead atoms. The maximum absolute atomic E-state index is 9.33. The molecule has 0 atom stereocenters. The summed E-state index contributed by atoms with van der Waals surface area (Å²) in [4.78, 5) is 0. The second-order valence-corrected chi connectivity index (χ2v) is 5.00. The van der Waals surface area contributed by atoms with Crippen LogP contribution in [0.15, 0.2) is 36.4 Å². The number of halogens is 2. The molecule has 20 heavy (non-hydrogen) atoms. The molecule has 2 aromatic rings. The summed E-state index contributed by atoms with van der Waals surface area (Å²) in [5.41, 5.74) is 1.12. The van der Waals surface area contributed by atoms with Gasteiger partial charge in [0.1, 0.15) is 11.5 Å². The van der Waals surface area contributed by atoms with Crippen LogP contribution in [-0.4, -0.2) is 18.8 Å². The molecule has 0 amide bonds. The van der Waals surface area contributed by atoms with Crippen LogP contribution >= 0.6 is 23.2 Å². The molecule has 3 nitrogen and oxygen atoms in total. The van der Waals surface area contributed by atoms with Crippen molar-refractivity contribution in [2.75, 3.05) is 13.7 Å². The highest BCUT2D eigenvalue weighted by atomic mass is 35.5. The van der Waals surface area contributed by atoms with E-state index >= 15 is 0 Å². The van der Waals surface area contributed by atoms with E-state index in [-0.39, 0.29) is 5.75 Å². The van der Waals surface area contributed by atoms with E-state index in [1.165, 1.54) is 12.1 Å². The fourth-order valence-corrected chi connectivity index (χ4v) is 2.33. The van der Waals surface area contributed by atoms with E-state index < -0.39 is 0 Å². The Morgan fingerprint density at radius 3 is 2.20 bits per heavy atom. The third-order valence-electron chi connectivity index (χ3n) is 2.78. The zero-order valence-electron chi connectivity index (χ0n) is 10.9. The SMILES string of the molecule is COc1ccc(CCOc2c(Cl)cc(O)cc2Cl)cc1. The van der Waals surface area contributed by atoms with Gasteiger partial charge in [-0.3, -0.25) is 0 Å². The number of ether oxygens (including phenoxy) is 2. The molecule has 0 spiro atoms. The number of phenols is 1. The molecule has 2 aromatic carbocycles. The monoisotopic (exact) mass is 312 g/mol. The van der Waals surface area contributed by atoms with Gasteiger partial charge in [0.15, 0.2) is 5.75 Å². The molecule has 0 aliphatic carbocycles. The second kappa shape index (κ2) is 6.73. The molecule has 0 heterocycles. The summed E-state index contributed by atoms with van der Waals surface area (Å²) < 4.78 is 10.7. The average Bonchev–Trinajstić information content (AvgIpc) is 2.42. The Morgan fingerprint density at radius 1 is 1.05 bits per heavy atom. The molecule has 0 aliphatic rings. The molecular weight excluding hydrogens is 299 g/mol. The highest BCUT2D eigenvalue weighted by Crippen LogP contribution is 2.36. The number of hydrogen-bond acceptors (Lipinski definition) is 3. The van der Waals surface area contributed by atoms with Gasteiger partial charge in [0.05, 0.1) is 23.8 Å². The highest BCUT2D eigenvalue weighted by Gasteiger charge is 2.09. The van der Waals surface area contributed by atoms with Crippen molar-refractivity contribution in [1.29, 1.82) is 0 Å². The minimum absolute atomic E-state index is 0.0162. The normalized spacial score (nSPS) is 10.3. The lowest BCUT2D eigenvalue weighted by atomic mass is 10.1. The average molecular weight is 313 g/mol. The van der Waals surface area contributed by atoms with Gasteiger partial charge in [-0.25, -0.2) is 0 Å². The number of methoxy groups -OCH3 is 1. The third-order valence-corrected chi connectivity index (χ3v) is 3.34. The van der Waals surface area contributed by atoms with E-state index in [9.17, 15) is 5.11 Å². The molecule has 0 aliphatic heterocycles. The predicted molar refractivity (Wildman–Crippen MR) is 80.3 cm³/mol. The molecule has 0 saturated carbocycles. The van der Waals surface area contributed by atoms with Crippen molar-refractivity contribution in [3.05, 3.63) is 52.0 Å². The van der Waals surface area contributed by atoms with Crippen LogP contribution in [0.1, 0.15) is 5.56 Å². The summed E-state index contributed by atoms with van der Waals surface area (Å²) in [5, 5.41) is 9.93. The van der Waals surface area contributed by atoms with Crippen molar-refractivity contribution >= 4 is 23.2 Å². The first-order valence-electron chi connectivity index (χ1n) is 6.04. The van der Waals surface area contributed by atoms with Crippen LogP contribution in [0.5, 0.6) is 17.2 Å². The summed E-state index contributed by atoms with van der Waals surface area (Å²) in [7, 11) is 1.63. The van der Waals surface area contributed by atoms with Gasteiger partial charge in [-0.15, -0.1) is 0 Å². The van der Waals surface area contributed by atoms with E-state index in [1.54, 1.807) is 7.11 Å². The molecule has 0 aromatic heterocycles. The first-order valence-corrected chi connectivity index (χ1v) is 6.79. The smallest absolute Gasteiger partial charge is 0.156 e. The van der Waals surface area contributed by atoms with Gasteiger partial charge in [-0.1, -0.05) is 35.3 Å². The number of hydrogen-bond donors (Lipinski definition) is 1. The van der Waals surface area contributed by atoms with E-state index in [1.807, 2.05) is 24.3 Å². The first-order chi connectivity index (χ1) is 9.60. The quantitative estimate of drug-likeness (QED) is 0.893. The standard InChI is InChI=1S/C15H14Cl2O3/c1-19-12-4-2-10(3-5-12)6-7-20-15-13(16)8-11(18)9-14(15)17/h2-5,8-9,18H,6-7H2,1H3. The Morgan fingerprint density at radius 2 is 1.65 bits per heavy atom. The van der Waals surface area contributed by atoms with Gasteiger partial charge in [-0.2, -0.15) is 0 Å². The van der Waals surface area contributed by atoms with Crippen LogP contribution in [0.25, 0.3) is 0 Å². The van der Waals surface area contributed by atoms with Crippen molar-refractivity contribution in [2.24, 2.45) is 0 Å². The van der Waals surface area contributed by atoms with E-state index in [0.29, 0.717) is 22.4 Å². The van der Waals surface area contributed by atoms with Gasteiger partial charge in [0, 0.05) is 18.6 Å². The van der Waals surface area contributed by atoms with Gasteiger partial charge < -0.3 is 14.6 Å². The fraction of sp³-hybridized carbons (Fsp3) is 0.200. The van der Waals surface area contributed by atoms with Crippen LogP contribution in [0.2, 0.25) is 10.0 Å². The van der Waals surface area contributed by atoms with Crippen molar-refractivity contribution in [3.8, 4) is 17.2 Å². The summed E-state index contributed by atoms with van der Waals surface area (Å²) >= 11 is 11.9. The summed E-state index contributed by atoms with van der Waals surface area (Å²) in [6.07, 6.45) is 0.720. The van der Waals surface area contributed by atoms with Crippen molar-refractivity contribution in [2.45, 2.75) is 6.42 Å². The Bertz CT molecular complexity index is 559. The lowest BCUT2D eigenvalue weighted by molar-refractivity contribution is 0.321. The number of rotatable bonds is 5. The summed E-state index contributed by atoms with van der Waals surface area (Å²) in [6, 6.07) is 10.5. The molecule has 106 valence electrons. The lowest BCUT2D eigenvalue weighted by Crippen LogP contribution is -2.02. The van der Waals surface area contributed by atoms with Gasteiger partial charge >= 0.3 is 0 Å². The number of aromatic hydroxyl groups is 1. The minimum atomic E-state index is 0.0162. The van der Waals surface area contributed by atoms with Crippen molar-refractivity contribution in [3.63, 3.8) is 0 Å². The molecule has 2 rings (SSSR count). The Hall–Kier alpha value is -1.58. The molecule has 1 N–H and O–H groups in total. The topological polar surface area (TPSA) is 38.7 Å². The molecule has 0 unspecified atom stereocenters. The van der Waals surface area contributed by atoms with E-state index in [4.69, 9.17) is 32.7 Å². The zero-order valence-corrected chi connectivity index (χ0v) is 12.4. The maximum Gasteiger partial charge on any atom is 0.156 e. The van der Waals surface area contributed by atoms with Crippen LogP contribution in [0.3, 0.4) is 0 Å². The Kier molecular flexibility index (Phi) is 4.99. The lowest BCUT2D eigenvalue weighted by Gasteiger charge is -2.10. The number of benzene rings is 2. The summed E-state index contributed by atoms with van der Waals surface area (Å²) in [5.74, 6) is 1.22. The third kappa shape index (κ3) is 3.71. The van der Waals surface area contributed by atoms with E-state index in [2.05, 4.69) is 0 Å². The second-order valence-electron chi connectivity index (χ2n) is 4.19. The predicted octanol–water partition coefficient (Wildman–Crippen LogP) is 4.33. The van der Waals surface area contributed by atoms with Crippen molar-refractivity contribution in [1.82, 2.24) is 0 Å². The van der Waals surface area contributed by atoms with Crippen LogP contribution in [-0.2, 0) is 6.42 Å². The van der Waals surface area contributed by atoms with Crippen LogP contribution in [0, 0.1) is 0 Å². The van der Waals surface area contributed by atoms with E-state index in [0.717, 1.165) is 17.7 Å². The van der Waals surface area contributed by atoms with Crippen LogP contribution in [0.4, 0.5) is 0 Å². The minimum Gasteiger partial charge on any atom is -0.508 e. The van der Waals surface area contributed by atoms with Gasteiger partial charge in [0.2, 0.25) is 0 Å². The molecule has 5 heteroatoms. The molecular formula is C15H14Cl2O3. The van der Waals surface area contributed by atoms with Crippen LogP contribution < -0.4 is 9.47 Å². The zero-order chi connectivity index (χ0) is 14.5. The Balaban J connectivity index is 1.95. The fourth-order valence-electron chi connectivity index (χ4n) is 1.75. The maximum atomic E-state index is 9.33. The van der Waals surface area contributed by atoms with Crippen molar-refractivity contribution < 1.29 is 14.6 Å². The van der Waals surface area contributed by atoms with Gasteiger partial charge in [0.25, 0.3) is 0 Å². The summed E-state index contributed by atoms with van der Waals surface area (Å²) in [6.45, 7) is 0.441. The van der Waals surface area contributed by atoms with Gasteiger partial charge in [-0.05, 0) is 17.7 Å². The Labute approximate surface area is 127 Å². The molecule has 0 fully saturated rings. The first kappa shape index (κ1) is 14.8. The largest absolute Gasteiger partial charge is 0.508 e. The number of phenolic OH excluding ortho intramolecular Hbond substituents is 1. The molecule has 0 radical (unpaired) electrons.